The molecule has 1 aliphatic heterocycles. The summed E-state index contributed by atoms with van der Waals surface area (Å²) >= 11 is 0. The predicted octanol–water partition coefficient (Wildman–Crippen LogP) is 15.8. The molecule has 6 aromatic carbocycles. The van der Waals surface area contributed by atoms with E-state index in [9.17, 15) is 0 Å². The molecule has 0 radical (unpaired) electrons. The second-order valence-corrected chi connectivity index (χ2v) is 20.5. The Hall–Kier alpha value is -7.18. The minimum absolute atomic E-state index is 0.0279. The van der Waals surface area contributed by atoms with Gasteiger partial charge in [-0.25, -0.2) is 4.98 Å². The molecule has 0 amide bonds. The average molecular weight is 852 g/mol. The van der Waals surface area contributed by atoms with Crippen LogP contribution in [0.25, 0.3) is 50.0 Å². The van der Waals surface area contributed by atoms with Gasteiger partial charge in [-0.15, -0.1) is 0 Å². The monoisotopic (exact) mass is 851 g/mol. The number of nitrogens with zero attached hydrogens (tertiary/aromatic N) is 5. The summed E-state index contributed by atoms with van der Waals surface area (Å²) in [7, 11) is 0. The molecule has 4 heterocycles. The normalized spacial score (nSPS) is 13.2. The van der Waals surface area contributed by atoms with E-state index >= 15 is 0 Å². The molecular weight excluding hydrogens is 795 g/mol. The zero-order valence-electron chi connectivity index (χ0n) is 39.0. The summed E-state index contributed by atoms with van der Waals surface area (Å²) in [6.07, 6.45) is 3.81. The molecule has 0 unspecified atom stereocenters. The third-order valence-corrected chi connectivity index (χ3v) is 12.8. The second-order valence-electron chi connectivity index (χ2n) is 20.5. The third kappa shape index (κ3) is 7.92. The molecular formula is C59H57N5O. The second kappa shape index (κ2) is 15.8. The summed E-state index contributed by atoms with van der Waals surface area (Å²) in [5, 5.41) is 2.31. The summed E-state index contributed by atoms with van der Waals surface area (Å²) in [5.41, 5.74) is 14.8. The van der Waals surface area contributed by atoms with Crippen LogP contribution in [0.4, 0.5) is 22.7 Å². The molecule has 0 atom stereocenters. The molecule has 10 rings (SSSR count). The standard InChI is InChI=1S/C59H57N5O/c1-57(2,3)41-28-30-61-55(35-41)64-52-27-24-40(39-17-11-10-12-18-39)31-50(52)48-26-25-47(37-54(48)64)65-46-20-15-19-44(36-46)62-38-63(45-33-42(58(4,5)6)32-43(34-45)59(7,8)9)56-49(21-16-23-53(56)62)51-22-13-14-29-60-51/h10-37H,38H2,1-9H3. The van der Waals surface area contributed by atoms with Crippen molar-refractivity contribution in [3.63, 3.8) is 0 Å². The zero-order valence-corrected chi connectivity index (χ0v) is 39.0. The molecule has 6 heteroatoms. The van der Waals surface area contributed by atoms with Gasteiger partial charge >= 0.3 is 0 Å². The highest BCUT2D eigenvalue weighted by atomic mass is 16.5. The van der Waals surface area contributed by atoms with Crippen LogP contribution < -0.4 is 14.5 Å². The number of ether oxygens (including phenoxy) is 1. The summed E-state index contributed by atoms with van der Waals surface area (Å²) < 4.78 is 9.14. The minimum Gasteiger partial charge on any atom is -0.457 e. The molecule has 9 aromatic rings. The molecule has 1 aliphatic rings. The Morgan fingerprint density at radius 1 is 0.462 bits per heavy atom. The Morgan fingerprint density at radius 2 is 1.18 bits per heavy atom. The smallest absolute Gasteiger partial charge is 0.137 e. The Balaban J connectivity index is 1.07. The van der Waals surface area contributed by atoms with Crippen LogP contribution in [0, 0.1) is 0 Å². The quantitative estimate of drug-likeness (QED) is 0.160. The highest BCUT2D eigenvalue weighted by Crippen LogP contribution is 2.50. The number of fused-ring (bicyclic) bond motifs is 4. The van der Waals surface area contributed by atoms with Gasteiger partial charge in [0.15, 0.2) is 0 Å². The number of benzene rings is 6. The minimum atomic E-state index is -0.0328. The lowest BCUT2D eigenvalue weighted by Crippen LogP contribution is -2.25. The first kappa shape index (κ1) is 41.8. The molecule has 0 saturated heterocycles. The Bertz CT molecular complexity index is 3190. The van der Waals surface area contributed by atoms with E-state index < -0.39 is 0 Å². The van der Waals surface area contributed by atoms with Gasteiger partial charge in [0.1, 0.15) is 24.0 Å². The third-order valence-electron chi connectivity index (χ3n) is 12.8. The summed E-state index contributed by atoms with van der Waals surface area (Å²) in [5.74, 6) is 2.40. The lowest BCUT2D eigenvalue weighted by Gasteiger charge is -2.30. The summed E-state index contributed by atoms with van der Waals surface area (Å²) in [4.78, 5) is 14.7. The lowest BCUT2D eigenvalue weighted by molar-refractivity contribution is 0.483. The molecule has 0 N–H and O–H groups in total. The number of hydrogen-bond donors (Lipinski definition) is 0. The van der Waals surface area contributed by atoms with Crippen molar-refractivity contribution in [3.05, 3.63) is 187 Å². The first-order chi connectivity index (χ1) is 31.1. The molecule has 324 valence electrons. The number of anilines is 4. The zero-order chi connectivity index (χ0) is 45.3. The van der Waals surface area contributed by atoms with E-state index in [1.807, 2.05) is 24.5 Å². The fourth-order valence-corrected chi connectivity index (χ4v) is 9.09. The van der Waals surface area contributed by atoms with Gasteiger partial charge in [-0.2, -0.15) is 0 Å². The molecule has 0 saturated carbocycles. The van der Waals surface area contributed by atoms with Crippen LogP contribution in [-0.2, 0) is 16.2 Å². The highest BCUT2D eigenvalue weighted by Gasteiger charge is 2.33. The van der Waals surface area contributed by atoms with E-state index in [4.69, 9.17) is 14.7 Å². The fraction of sp³-hybridized carbons (Fsp3) is 0.220. The van der Waals surface area contributed by atoms with Crippen LogP contribution in [0.1, 0.15) is 79.0 Å². The van der Waals surface area contributed by atoms with E-state index in [0.717, 1.165) is 62.1 Å². The number of pyridine rings is 2. The van der Waals surface area contributed by atoms with Crippen molar-refractivity contribution in [2.45, 2.75) is 78.6 Å². The number of hydrogen-bond acceptors (Lipinski definition) is 5. The van der Waals surface area contributed by atoms with Gasteiger partial charge in [-0.05, 0) is 123 Å². The summed E-state index contributed by atoms with van der Waals surface area (Å²) in [6, 6.07) is 56.5. The molecule has 6 nitrogen and oxygen atoms in total. The maximum Gasteiger partial charge on any atom is 0.137 e. The van der Waals surface area contributed by atoms with Crippen molar-refractivity contribution in [1.82, 2.24) is 14.5 Å². The van der Waals surface area contributed by atoms with E-state index in [1.54, 1.807) is 0 Å². The van der Waals surface area contributed by atoms with Crippen molar-refractivity contribution in [2.24, 2.45) is 0 Å². The average Bonchev–Trinajstić information content (AvgIpc) is 3.85. The maximum absolute atomic E-state index is 6.86. The van der Waals surface area contributed by atoms with Gasteiger partial charge in [-0.3, -0.25) is 9.55 Å². The van der Waals surface area contributed by atoms with Gasteiger partial charge in [0.25, 0.3) is 0 Å². The molecule has 0 aliphatic carbocycles. The Morgan fingerprint density at radius 3 is 1.91 bits per heavy atom. The van der Waals surface area contributed by atoms with Gasteiger partial charge < -0.3 is 14.5 Å². The molecule has 65 heavy (non-hydrogen) atoms. The van der Waals surface area contributed by atoms with Crippen molar-refractivity contribution in [3.8, 4) is 39.7 Å². The van der Waals surface area contributed by atoms with Crippen LogP contribution in [0.2, 0.25) is 0 Å². The predicted molar refractivity (Wildman–Crippen MR) is 272 cm³/mol. The highest BCUT2D eigenvalue weighted by molar-refractivity contribution is 6.10. The van der Waals surface area contributed by atoms with Crippen LogP contribution in [-0.4, -0.2) is 21.2 Å². The van der Waals surface area contributed by atoms with Gasteiger partial charge in [0.2, 0.25) is 0 Å². The number of rotatable bonds is 7. The maximum atomic E-state index is 6.86. The molecule has 0 spiro atoms. The van der Waals surface area contributed by atoms with Crippen molar-refractivity contribution in [2.75, 3.05) is 16.5 Å². The summed E-state index contributed by atoms with van der Waals surface area (Å²) in [6.45, 7) is 21.2. The molecule has 0 fully saturated rings. The van der Waals surface area contributed by atoms with E-state index in [0.29, 0.717) is 6.67 Å². The van der Waals surface area contributed by atoms with E-state index in [1.165, 1.54) is 38.9 Å². The number of para-hydroxylation sites is 1. The Kier molecular flexibility index (Phi) is 10.2. The SMILES string of the molecule is CC(C)(C)c1cc(N2CN(c3cccc(Oc4ccc5c6cc(-c7ccccc7)ccc6n(-c6cc(C(C)(C)C)ccn6)c5c4)c3)c3cccc(-c4ccccn4)c32)cc(C(C)(C)C)c1. The Labute approximate surface area is 383 Å². The van der Waals surface area contributed by atoms with E-state index in [2.05, 4.69) is 222 Å². The van der Waals surface area contributed by atoms with Crippen molar-refractivity contribution >= 4 is 44.6 Å². The van der Waals surface area contributed by atoms with Crippen LogP contribution in [0.15, 0.2) is 170 Å². The fourth-order valence-electron chi connectivity index (χ4n) is 9.09. The lowest BCUT2D eigenvalue weighted by atomic mass is 9.80. The first-order valence-electron chi connectivity index (χ1n) is 22.7. The van der Waals surface area contributed by atoms with Crippen molar-refractivity contribution < 1.29 is 4.74 Å². The van der Waals surface area contributed by atoms with Crippen molar-refractivity contribution in [1.29, 1.82) is 0 Å². The van der Waals surface area contributed by atoms with Gasteiger partial charge in [0, 0.05) is 52.2 Å². The van der Waals surface area contributed by atoms with Crippen LogP contribution in [0.3, 0.4) is 0 Å². The van der Waals surface area contributed by atoms with Crippen LogP contribution in [0.5, 0.6) is 11.5 Å². The van der Waals surface area contributed by atoms with Gasteiger partial charge in [0.05, 0.1) is 28.1 Å². The topological polar surface area (TPSA) is 46.4 Å². The van der Waals surface area contributed by atoms with E-state index in [-0.39, 0.29) is 16.2 Å². The van der Waals surface area contributed by atoms with Gasteiger partial charge in [-0.1, -0.05) is 129 Å². The number of aromatic nitrogens is 3. The van der Waals surface area contributed by atoms with Crippen LogP contribution >= 0.6 is 0 Å². The first-order valence-corrected chi connectivity index (χ1v) is 22.7. The largest absolute Gasteiger partial charge is 0.457 e. The molecule has 0 bridgehead atoms. The molecule has 3 aromatic heterocycles.